The van der Waals surface area contributed by atoms with Crippen molar-refractivity contribution < 1.29 is 4.79 Å². The molecule has 1 aromatic carbocycles. The second-order valence-corrected chi connectivity index (χ2v) is 6.39. The Balaban J connectivity index is 1.61. The number of Topliss-reactive ketones (excluding diaryl/α,β-unsaturated/α-hetero) is 1. The molecule has 0 aromatic heterocycles. The van der Waals surface area contributed by atoms with Crippen LogP contribution in [0.4, 0.5) is 0 Å². The fourth-order valence-corrected chi connectivity index (χ4v) is 3.46. The van der Waals surface area contributed by atoms with E-state index in [0.29, 0.717) is 12.2 Å². The molecule has 108 valence electrons. The van der Waals surface area contributed by atoms with Gasteiger partial charge in [0.05, 0.1) is 0 Å². The van der Waals surface area contributed by atoms with Gasteiger partial charge in [-0.3, -0.25) is 9.69 Å². The number of likely N-dealkylation sites (tertiary alicyclic amines) is 1. The summed E-state index contributed by atoms with van der Waals surface area (Å²) in [6.45, 7) is 3.39. The van der Waals surface area contributed by atoms with Gasteiger partial charge in [0.15, 0.2) is 5.78 Å². The van der Waals surface area contributed by atoms with Gasteiger partial charge >= 0.3 is 0 Å². The Morgan fingerprint density at radius 2 is 1.95 bits per heavy atom. The lowest BCUT2D eigenvalue weighted by atomic mass is 10.0. The summed E-state index contributed by atoms with van der Waals surface area (Å²) in [5.74, 6) is 0.318. The van der Waals surface area contributed by atoms with Gasteiger partial charge < -0.3 is 4.90 Å². The van der Waals surface area contributed by atoms with Crippen molar-refractivity contribution >= 4 is 5.78 Å². The molecule has 3 nitrogen and oxygen atoms in total. The topological polar surface area (TPSA) is 23.6 Å². The van der Waals surface area contributed by atoms with Crippen LogP contribution in [0.2, 0.25) is 0 Å². The maximum atomic E-state index is 11.7. The molecule has 0 unspecified atom stereocenters. The molecular formula is C17H24N2O. The van der Waals surface area contributed by atoms with Crippen LogP contribution in [-0.4, -0.2) is 48.8 Å². The van der Waals surface area contributed by atoms with Crippen molar-refractivity contribution in [2.24, 2.45) is 0 Å². The van der Waals surface area contributed by atoms with Crippen molar-refractivity contribution in [3.63, 3.8) is 0 Å². The number of nitrogens with zero attached hydrogens (tertiary/aromatic N) is 2. The highest BCUT2D eigenvalue weighted by Crippen LogP contribution is 2.24. The molecule has 0 amide bonds. The molecular weight excluding hydrogens is 248 g/mol. The van der Waals surface area contributed by atoms with Crippen LogP contribution >= 0.6 is 0 Å². The zero-order valence-electron chi connectivity index (χ0n) is 12.6. The Morgan fingerprint density at radius 3 is 2.65 bits per heavy atom. The van der Waals surface area contributed by atoms with Gasteiger partial charge in [0.2, 0.25) is 0 Å². The summed E-state index contributed by atoms with van der Waals surface area (Å²) in [5, 5.41) is 0. The first-order chi connectivity index (χ1) is 9.63. The van der Waals surface area contributed by atoms with Gasteiger partial charge in [-0.25, -0.2) is 0 Å². The molecule has 0 bridgehead atoms. The maximum Gasteiger partial charge on any atom is 0.163 e. The summed E-state index contributed by atoms with van der Waals surface area (Å²) in [6.07, 6.45) is 4.16. The van der Waals surface area contributed by atoms with Crippen LogP contribution in [0.3, 0.4) is 0 Å². The van der Waals surface area contributed by atoms with Gasteiger partial charge in [0.25, 0.3) is 0 Å². The number of piperidine rings is 1. The number of fused-ring (bicyclic) bond motifs is 1. The second kappa shape index (κ2) is 5.66. The minimum Gasteiger partial charge on any atom is -0.306 e. The molecule has 3 heteroatoms. The molecule has 3 rings (SSSR count). The fourth-order valence-electron chi connectivity index (χ4n) is 3.46. The molecule has 1 aliphatic carbocycles. The van der Waals surface area contributed by atoms with Gasteiger partial charge in [-0.15, -0.1) is 0 Å². The van der Waals surface area contributed by atoms with E-state index in [9.17, 15) is 4.79 Å². The highest BCUT2D eigenvalue weighted by atomic mass is 16.1. The second-order valence-electron chi connectivity index (χ2n) is 6.39. The number of hydrogen-bond acceptors (Lipinski definition) is 3. The van der Waals surface area contributed by atoms with Crippen LogP contribution in [0.1, 0.15) is 40.7 Å². The van der Waals surface area contributed by atoms with E-state index in [-0.39, 0.29) is 0 Å². The zero-order valence-corrected chi connectivity index (χ0v) is 12.6. The standard InChI is InChI=1S/C17H24N2O/c1-18(2)15-7-9-19(10-8-15)12-13-3-5-16-14(11-13)4-6-17(16)20/h3,5,11,15H,4,6-10,12H2,1-2H3. The molecule has 1 fully saturated rings. The minimum absolute atomic E-state index is 0.318. The summed E-state index contributed by atoms with van der Waals surface area (Å²) < 4.78 is 0. The molecule has 0 saturated carbocycles. The Labute approximate surface area is 121 Å². The largest absolute Gasteiger partial charge is 0.306 e. The number of carbonyl (C=O) groups excluding carboxylic acids is 1. The third kappa shape index (κ3) is 2.79. The van der Waals surface area contributed by atoms with E-state index >= 15 is 0 Å². The minimum atomic E-state index is 0.318. The van der Waals surface area contributed by atoms with Crippen molar-refractivity contribution in [3.05, 3.63) is 34.9 Å². The molecule has 0 N–H and O–H groups in total. The van der Waals surface area contributed by atoms with E-state index in [0.717, 1.165) is 24.6 Å². The molecule has 0 atom stereocenters. The summed E-state index contributed by atoms with van der Waals surface area (Å²) in [7, 11) is 4.36. The van der Waals surface area contributed by atoms with Gasteiger partial charge in [-0.2, -0.15) is 0 Å². The van der Waals surface area contributed by atoms with Crippen molar-refractivity contribution in [1.82, 2.24) is 9.80 Å². The number of ketones is 1. The SMILES string of the molecule is CN(C)C1CCN(Cc2ccc3c(c2)CCC3=O)CC1. The first-order valence-corrected chi connectivity index (χ1v) is 7.67. The summed E-state index contributed by atoms with van der Waals surface area (Å²) in [5.41, 5.74) is 3.58. The first-order valence-electron chi connectivity index (χ1n) is 7.67. The molecule has 0 radical (unpaired) electrons. The smallest absolute Gasteiger partial charge is 0.163 e. The van der Waals surface area contributed by atoms with E-state index in [1.54, 1.807) is 0 Å². The lowest BCUT2D eigenvalue weighted by Gasteiger charge is -2.35. The van der Waals surface area contributed by atoms with Crippen molar-refractivity contribution in [1.29, 1.82) is 0 Å². The molecule has 1 aliphatic heterocycles. The molecule has 20 heavy (non-hydrogen) atoms. The summed E-state index contributed by atoms with van der Waals surface area (Å²) >= 11 is 0. The molecule has 0 spiro atoms. The molecule has 2 aliphatic rings. The van der Waals surface area contributed by atoms with Crippen LogP contribution < -0.4 is 0 Å². The fraction of sp³-hybridized carbons (Fsp3) is 0.588. The monoisotopic (exact) mass is 272 g/mol. The van der Waals surface area contributed by atoms with E-state index in [4.69, 9.17) is 0 Å². The number of aryl methyl sites for hydroxylation is 1. The van der Waals surface area contributed by atoms with Crippen LogP contribution in [0.5, 0.6) is 0 Å². The zero-order chi connectivity index (χ0) is 14.1. The summed E-state index contributed by atoms with van der Waals surface area (Å²) in [6, 6.07) is 7.16. The van der Waals surface area contributed by atoms with Gasteiger partial charge in [0.1, 0.15) is 0 Å². The lowest BCUT2D eigenvalue weighted by Crippen LogP contribution is -2.41. The number of hydrogen-bond donors (Lipinski definition) is 0. The summed E-state index contributed by atoms with van der Waals surface area (Å²) in [4.78, 5) is 16.5. The Kier molecular flexibility index (Phi) is 3.90. The average Bonchev–Trinajstić information content (AvgIpc) is 2.81. The maximum absolute atomic E-state index is 11.7. The Morgan fingerprint density at radius 1 is 1.20 bits per heavy atom. The number of rotatable bonds is 3. The van der Waals surface area contributed by atoms with E-state index < -0.39 is 0 Å². The van der Waals surface area contributed by atoms with E-state index in [1.807, 2.05) is 6.07 Å². The van der Waals surface area contributed by atoms with Crippen LogP contribution in [-0.2, 0) is 13.0 Å². The van der Waals surface area contributed by atoms with Crippen LogP contribution in [0.25, 0.3) is 0 Å². The highest BCUT2D eigenvalue weighted by Gasteiger charge is 2.22. The Hall–Kier alpha value is -1.19. The van der Waals surface area contributed by atoms with E-state index in [1.165, 1.54) is 37.1 Å². The predicted molar refractivity (Wildman–Crippen MR) is 81.1 cm³/mol. The first kappa shape index (κ1) is 13.8. The van der Waals surface area contributed by atoms with Crippen molar-refractivity contribution in [2.45, 2.75) is 38.3 Å². The van der Waals surface area contributed by atoms with Crippen LogP contribution in [0, 0.1) is 0 Å². The van der Waals surface area contributed by atoms with Gasteiger partial charge in [0, 0.05) is 24.6 Å². The normalized spacial score (nSPS) is 20.6. The third-order valence-corrected chi connectivity index (χ3v) is 4.79. The lowest BCUT2D eigenvalue weighted by molar-refractivity contribution is 0.0994. The third-order valence-electron chi connectivity index (χ3n) is 4.79. The molecule has 1 aromatic rings. The average molecular weight is 272 g/mol. The van der Waals surface area contributed by atoms with Crippen molar-refractivity contribution in [2.75, 3.05) is 27.2 Å². The molecule has 1 saturated heterocycles. The van der Waals surface area contributed by atoms with E-state index in [2.05, 4.69) is 36.0 Å². The molecule has 1 heterocycles. The number of carbonyl (C=O) groups is 1. The van der Waals surface area contributed by atoms with Gasteiger partial charge in [-0.05, 0) is 57.6 Å². The predicted octanol–water partition coefficient (Wildman–Crippen LogP) is 2.34. The Bertz CT molecular complexity index is 502. The van der Waals surface area contributed by atoms with Crippen LogP contribution in [0.15, 0.2) is 18.2 Å². The quantitative estimate of drug-likeness (QED) is 0.844. The number of benzene rings is 1. The highest BCUT2D eigenvalue weighted by molar-refractivity contribution is 6.00. The van der Waals surface area contributed by atoms with Gasteiger partial charge in [-0.1, -0.05) is 18.2 Å². The van der Waals surface area contributed by atoms with Crippen molar-refractivity contribution in [3.8, 4) is 0 Å².